The normalized spacial score (nSPS) is 17.8. The highest BCUT2D eigenvalue weighted by molar-refractivity contribution is 7.09. The van der Waals surface area contributed by atoms with Gasteiger partial charge in [-0.1, -0.05) is 19.1 Å². The summed E-state index contributed by atoms with van der Waals surface area (Å²) in [6, 6.07) is 11.3. The Morgan fingerprint density at radius 2 is 2.30 bits per heavy atom. The number of thiophene rings is 1. The molecular formula is C17H21NOS. The van der Waals surface area contributed by atoms with Crippen molar-refractivity contribution in [3.05, 3.63) is 51.7 Å². The lowest BCUT2D eigenvalue weighted by molar-refractivity contribution is 0.308. The van der Waals surface area contributed by atoms with Crippen molar-refractivity contribution in [3.63, 3.8) is 0 Å². The Morgan fingerprint density at radius 3 is 3.10 bits per heavy atom. The molecule has 106 valence electrons. The summed E-state index contributed by atoms with van der Waals surface area (Å²) in [4.78, 5) is 1.27. The minimum absolute atomic E-state index is 0.494. The summed E-state index contributed by atoms with van der Waals surface area (Å²) in [6.07, 6.45) is 3.71. The molecule has 2 aromatic rings. The summed E-state index contributed by atoms with van der Waals surface area (Å²) in [5.41, 5.74) is 2.91. The van der Waals surface area contributed by atoms with Crippen LogP contribution < -0.4 is 10.1 Å². The Kier molecular flexibility index (Phi) is 4.38. The number of benzene rings is 1. The van der Waals surface area contributed by atoms with Crippen molar-refractivity contribution in [2.24, 2.45) is 0 Å². The molecule has 3 heteroatoms. The molecule has 1 aromatic carbocycles. The fraction of sp³-hybridized carbons (Fsp3) is 0.412. The Bertz CT molecular complexity index is 550. The topological polar surface area (TPSA) is 21.3 Å². The molecular weight excluding hydrogens is 266 g/mol. The fourth-order valence-electron chi connectivity index (χ4n) is 2.87. The van der Waals surface area contributed by atoms with Crippen LogP contribution in [0.1, 0.15) is 41.8 Å². The van der Waals surface area contributed by atoms with Gasteiger partial charge in [0.2, 0.25) is 0 Å². The smallest absolute Gasteiger partial charge is 0.122 e. The van der Waals surface area contributed by atoms with E-state index in [9.17, 15) is 0 Å². The van der Waals surface area contributed by atoms with E-state index in [2.05, 4.69) is 48.0 Å². The van der Waals surface area contributed by atoms with Gasteiger partial charge in [0.1, 0.15) is 12.4 Å². The van der Waals surface area contributed by atoms with Gasteiger partial charge in [0.15, 0.2) is 0 Å². The summed E-state index contributed by atoms with van der Waals surface area (Å²) in [6.45, 7) is 3.86. The molecule has 1 aromatic heterocycles. The van der Waals surface area contributed by atoms with Crippen LogP contribution in [0, 0.1) is 0 Å². The minimum Gasteiger partial charge on any atom is -0.488 e. The van der Waals surface area contributed by atoms with E-state index < -0.39 is 0 Å². The molecule has 1 atom stereocenters. The quantitative estimate of drug-likeness (QED) is 0.884. The molecule has 1 unspecified atom stereocenters. The van der Waals surface area contributed by atoms with Crippen molar-refractivity contribution in [1.29, 1.82) is 0 Å². The highest BCUT2D eigenvalue weighted by Crippen LogP contribution is 2.32. The van der Waals surface area contributed by atoms with Crippen LogP contribution in [0.2, 0.25) is 0 Å². The number of nitrogens with one attached hydrogen (secondary N) is 1. The third-order valence-corrected chi connectivity index (χ3v) is 4.69. The van der Waals surface area contributed by atoms with Gasteiger partial charge in [-0.05, 0) is 60.5 Å². The molecule has 0 aliphatic heterocycles. The summed E-state index contributed by atoms with van der Waals surface area (Å²) in [5, 5.41) is 5.67. The van der Waals surface area contributed by atoms with E-state index in [4.69, 9.17) is 4.74 Å². The highest BCUT2D eigenvalue weighted by atomic mass is 32.1. The van der Waals surface area contributed by atoms with Crippen LogP contribution >= 0.6 is 11.3 Å². The second-order valence-corrected chi connectivity index (χ2v) is 6.26. The van der Waals surface area contributed by atoms with Gasteiger partial charge in [-0.3, -0.25) is 0 Å². The standard InChI is InChI=1S/C17H21NOS/c1-2-18-17-7-3-5-13-8-9-14(11-16(13)17)19-12-15-6-4-10-20-15/h4,6,8-11,17-18H,2-3,5,7,12H2,1H3. The van der Waals surface area contributed by atoms with E-state index in [-0.39, 0.29) is 0 Å². The highest BCUT2D eigenvalue weighted by Gasteiger charge is 2.19. The molecule has 0 spiro atoms. The van der Waals surface area contributed by atoms with Gasteiger partial charge < -0.3 is 10.1 Å². The van der Waals surface area contributed by atoms with Gasteiger partial charge >= 0.3 is 0 Å². The number of fused-ring (bicyclic) bond motifs is 1. The number of hydrogen-bond donors (Lipinski definition) is 1. The molecule has 0 radical (unpaired) electrons. The van der Waals surface area contributed by atoms with E-state index in [0.717, 1.165) is 12.3 Å². The van der Waals surface area contributed by atoms with Gasteiger partial charge in [-0.2, -0.15) is 0 Å². The zero-order chi connectivity index (χ0) is 13.8. The zero-order valence-corrected chi connectivity index (χ0v) is 12.7. The molecule has 0 bridgehead atoms. The summed E-state index contributed by atoms with van der Waals surface area (Å²) in [5.74, 6) is 0.988. The average Bonchev–Trinajstić information content (AvgIpc) is 2.99. The maximum atomic E-state index is 5.93. The monoisotopic (exact) mass is 287 g/mol. The number of aryl methyl sites for hydroxylation is 1. The molecule has 0 saturated heterocycles. The first-order valence-electron chi connectivity index (χ1n) is 7.38. The lowest BCUT2D eigenvalue weighted by Crippen LogP contribution is -2.24. The first kappa shape index (κ1) is 13.7. The molecule has 3 rings (SSSR count). The number of ether oxygens (including phenoxy) is 1. The molecule has 1 aliphatic carbocycles. The molecule has 1 aliphatic rings. The van der Waals surface area contributed by atoms with E-state index in [1.807, 2.05) is 0 Å². The zero-order valence-electron chi connectivity index (χ0n) is 11.9. The van der Waals surface area contributed by atoms with Crippen molar-refractivity contribution in [3.8, 4) is 5.75 Å². The molecule has 20 heavy (non-hydrogen) atoms. The third kappa shape index (κ3) is 3.05. The SMILES string of the molecule is CCNC1CCCc2ccc(OCc3cccs3)cc21. The predicted octanol–water partition coefficient (Wildman–Crippen LogP) is 4.31. The van der Waals surface area contributed by atoms with Crippen molar-refractivity contribution in [1.82, 2.24) is 5.32 Å². The molecule has 0 amide bonds. The summed E-state index contributed by atoms with van der Waals surface area (Å²) >= 11 is 1.74. The molecule has 1 N–H and O–H groups in total. The van der Waals surface area contributed by atoms with E-state index in [0.29, 0.717) is 12.6 Å². The summed E-state index contributed by atoms with van der Waals surface area (Å²) < 4.78 is 5.93. The largest absolute Gasteiger partial charge is 0.488 e. The van der Waals surface area contributed by atoms with Gasteiger partial charge in [0, 0.05) is 10.9 Å². The van der Waals surface area contributed by atoms with E-state index in [1.165, 1.54) is 35.3 Å². The van der Waals surface area contributed by atoms with Gasteiger partial charge in [0.05, 0.1) is 0 Å². The number of rotatable bonds is 5. The molecule has 1 heterocycles. The van der Waals surface area contributed by atoms with Crippen LogP contribution in [0.4, 0.5) is 0 Å². The lowest BCUT2D eigenvalue weighted by atomic mass is 9.87. The van der Waals surface area contributed by atoms with E-state index in [1.54, 1.807) is 11.3 Å². The van der Waals surface area contributed by atoms with Crippen LogP contribution in [0.15, 0.2) is 35.7 Å². The summed E-state index contributed by atoms with van der Waals surface area (Å²) in [7, 11) is 0. The first-order valence-corrected chi connectivity index (χ1v) is 8.26. The van der Waals surface area contributed by atoms with Gasteiger partial charge in [-0.15, -0.1) is 11.3 Å². The second kappa shape index (κ2) is 6.42. The van der Waals surface area contributed by atoms with Crippen LogP contribution in [-0.2, 0) is 13.0 Å². The average molecular weight is 287 g/mol. The second-order valence-electron chi connectivity index (χ2n) is 5.23. The molecule has 0 fully saturated rings. The molecule has 2 nitrogen and oxygen atoms in total. The van der Waals surface area contributed by atoms with Crippen LogP contribution in [-0.4, -0.2) is 6.54 Å². The minimum atomic E-state index is 0.494. The van der Waals surface area contributed by atoms with E-state index >= 15 is 0 Å². The Balaban J connectivity index is 1.74. The maximum Gasteiger partial charge on any atom is 0.122 e. The van der Waals surface area contributed by atoms with Crippen LogP contribution in [0.3, 0.4) is 0 Å². The fourth-order valence-corrected chi connectivity index (χ4v) is 3.49. The Labute approximate surface area is 124 Å². The third-order valence-electron chi connectivity index (χ3n) is 3.84. The maximum absolute atomic E-state index is 5.93. The van der Waals surface area contributed by atoms with Crippen LogP contribution in [0.5, 0.6) is 5.75 Å². The van der Waals surface area contributed by atoms with Crippen molar-refractivity contribution < 1.29 is 4.74 Å². The predicted molar refractivity (Wildman–Crippen MR) is 84.4 cm³/mol. The Morgan fingerprint density at radius 1 is 1.35 bits per heavy atom. The Hall–Kier alpha value is -1.32. The van der Waals surface area contributed by atoms with Crippen molar-refractivity contribution in [2.75, 3.05) is 6.54 Å². The van der Waals surface area contributed by atoms with Crippen molar-refractivity contribution >= 4 is 11.3 Å². The first-order chi connectivity index (χ1) is 9.86. The number of hydrogen-bond acceptors (Lipinski definition) is 3. The lowest BCUT2D eigenvalue weighted by Gasteiger charge is -2.26. The van der Waals surface area contributed by atoms with Gasteiger partial charge in [-0.25, -0.2) is 0 Å². The van der Waals surface area contributed by atoms with Crippen molar-refractivity contribution in [2.45, 2.75) is 38.8 Å². The molecule has 0 saturated carbocycles. The van der Waals surface area contributed by atoms with Gasteiger partial charge in [0.25, 0.3) is 0 Å². The van der Waals surface area contributed by atoms with Crippen LogP contribution in [0.25, 0.3) is 0 Å².